The van der Waals surface area contributed by atoms with E-state index in [1.807, 2.05) is 6.92 Å². The second-order valence-electron chi connectivity index (χ2n) is 3.28. The molecule has 1 aromatic carbocycles. The average molecular weight is 195 g/mol. The molecule has 14 heavy (non-hydrogen) atoms. The van der Waals surface area contributed by atoms with Gasteiger partial charge < -0.3 is 4.90 Å². The molecule has 0 spiro atoms. The van der Waals surface area contributed by atoms with Gasteiger partial charge in [0.25, 0.3) is 5.91 Å². The quantitative estimate of drug-likeness (QED) is 0.708. The van der Waals surface area contributed by atoms with Crippen LogP contribution in [0.2, 0.25) is 0 Å². The van der Waals surface area contributed by atoms with Crippen LogP contribution in [0, 0.1) is 12.7 Å². The summed E-state index contributed by atoms with van der Waals surface area (Å²) < 4.78 is 12.9. The van der Waals surface area contributed by atoms with Gasteiger partial charge in [-0.25, -0.2) is 4.39 Å². The normalized spacial score (nSPS) is 10.0. The number of carbonyl (C=O) groups excluding carboxylic acids is 1. The van der Waals surface area contributed by atoms with Crippen molar-refractivity contribution < 1.29 is 9.18 Å². The predicted octanol–water partition coefficient (Wildman–Crippen LogP) is 2.23. The number of amides is 1. The molecule has 0 aliphatic carbocycles. The van der Waals surface area contributed by atoms with Crippen LogP contribution in [0.4, 0.5) is 4.39 Å². The molecular formula is C11H14FNO. The fourth-order valence-corrected chi connectivity index (χ4v) is 1.14. The van der Waals surface area contributed by atoms with Crippen molar-refractivity contribution in [2.45, 2.75) is 13.8 Å². The third kappa shape index (κ3) is 2.10. The Kier molecular flexibility index (Phi) is 3.23. The van der Waals surface area contributed by atoms with Gasteiger partial charge in [0.2, 0.25) is 0 Å². The summed E-state index contributed by atoms with van der Waals surface area (Å²) in [5.74, 6) is -0.351. The van der Waals surface area contributed by atoms with E-state index in [1.54, 1.807) is 24.9 Å². The number of nitrogens with zero attached hydrogens (tertiary/aromatic N) is 1. The Balaban J connectivity index is 2.97. The molecule has 76 valence electrons. The molecule has 0 aliphatic rings. The maximum Gasteiger partial charge on any atom is 0.253 e. The van der Waals surface area contributed by atoms with Gasteiger partial charge in [0.15, 0.2) is 0 Å². The first-order valence-electron chi connectivity index (χ1n) is 4.58. The van der Waals surface area contributed by atoms with E-state index in [2.05, 4.69) is 0 Å². The lowest BCUT2D eigenvalue weighted by Crippen LogP contribution is -2.26. The number of benzene rings is 1. The van der Waals surface area contributed by atoms with Crippen LogP contribution in [0.3, 0.4) is 0 Å². The first-order chi connectivity index (χ1) is 6.56. The van der Waals surface area contributed by atoms with Gasteiger partial charge in [-0.15, -0.1) is 0 Å². The van der Waals surface area contributed by atoms with Crippen LogP contribution in [0.5, 0.6) is 0 Å². The molecule has 0 bridgehead atoms. The zero-order valence-electron chi connectivity index (χ0n) is 8.67. The van der Waals surface area contributed by atoms with E-state index in [4.69, 9.17) is 0 Å². The monoisotopic (exact) mass is 195 g/mol. The summed E-state index contributed by atoms with van der Waals surface area (Å²) in [4.78, 5) is 13.2. The van der Waals surface area contributed by atoms with Crippen molar-refractivity contribution >= 4 is 5.91 Å². The molecule has 0 fully saturated rings. The maximum atomic E-state index is 12.9. The molecule has 1 rings (SSSR count). The van der Waals surface area contributed by atoms with Gasteiger partial charge in [-0.1, -0.05) is 0 Å². The predicted molar refractivity (Wildman–Crippen MR) is 53.8 cm³/mol. The second-order valence-corrected chi connectivity index (χ2v) is 3.28. The second kappa shape index (κ2) is 4.22. The molecule has 1 aromatic rings. The van der Waals surface area contributed by atoms with Gasteiger partial charge in [-0.3, -0.25) is 4.79 Å². The molecule has 1 amide bonds. The van der Waals surface area contributed by atoms with E-state index in [0.717, 1.165) is 0 Å². The van der Waals surface area contributed by atoms with Crippen LogP contribution in [-0.2, 0) is 0 Å². The average Bonchev–Trinajstić information content (AvgIpc) is 2.20. The molecule has 0 atom stereocenters. The lowest BCUT2D eigenvalue weighted by molar-refractivity contribution is 0.0802. The Morgan fingerprint density at radius 3 is 2.64 bits per heavy atom. The molecular weight excluding hydrogens is 181 g/mol. The molecule has 0 saturated carbocycles. The minimum atomic E-state index is -0.277. The minimum Gasteiger partial charge on any atom is -0.342 e. The van der Waals surface area contributed by atoms with E-state index >= 15 is 0 Å². The molecule has 0 unspecified atom stereocenters. The fourth-order valence-electron chi connectivity index (χ4n) is 1.14. The standard InChI is InChI=1S/C11H14FNO/c1-4-13(3)11(14)9-5-6-10(12)8(2)7-9/h5-7H,4H2,1-3H3. The largest absolute Gasteiger partial charge is 0.342 e. The summed E-state index contributed by atoms with van der Waals surface area (Å²) in [5.41, 5.74) is 1.04. The van der Waals surface area contributed by atoms with Crippen molar-refractivity contribution in [3.05, 3.63) is 35.1 Å². The minimum absolute atomic E-state index is 0.0735. The van der Waals surface area contributed by atoms with Crippen molar-refractivity contribution in [2.75, 3.05) is 13.6 Å². The van der Waals surface area contributed by atoms with Gasteiger partial charge in [0.1, 0.15) is 5.82 Å². The zero-order valence-corrected chi connectivity index (χ0v) is 8.67. The molecule has 0 radical (unpaired) electrons. The van der Waals surface area contributed by atoms with Gasteiger partial charge in [0, 0.05) is 19.2 Å². The Morgan fingerprint density at radius 2 is 2.14 bits per heavy atom. The van der Waals surface area contributed by atoms with Crippen molar-refractivity contribution in [2.24, 2.45) is 0 Å². The summed E-state index contributed by atoms with van der Waals surface area (Å²) in [6.07, 6.45) is 0. The number of hydrogen-bond acceptors (Lipinski definition) is 1. The number of halogens is 1. The Morgan fingerprint density at radius 1 is 1.50 bits per heavy atom. The van der Waals surface area contributed by atoms with Crippen molar-refractivity contribution in [3.63, 3.8) is 0 Å². The van der Waals surface area contributed by atoms with Gasteiger partial charge in [0.05, 0.1) is 0 Å². The topological polar surface area (TPSA) is 20.3 Å². The number of carbonyl (C=O) groups is 1. The molecule has 0 aliphatic heterocycles. The molecule has 3 heteroatoms. The van der Waals surface area contributed by atoms with Crippen LogP contribution < -0.4 is 0 Å². The van der Waals surface area contributed by atoms with Crippen molar-refractivity contribution in [1.82, 2.24) is 4.90 Å². The Hall–Kier alpha value is -1.38. The highest BCUT2D eigenvalue weighted by molar-refractivity contribution is 5.94. The van der Waals surface area contributed by atoms with E-state index < -0.39 is 0 Å². The third-order valence-electron chi connectivity index (χ3n) is 2.23. The Bertz CT molecular complexity index is 349. The summed E-state index contributed by atoms with van der Waals surface area (Å²) in [6, 6.07) is 4.41. The lowest BCUT2D eigenvalue weighted by atomic mass is 10.1. The molecule has 0 aromatic heterocycles. The third-order valence-corrected chi connectivity index (χ3v) is 2.23. The highest BCUT2D eigenvalue weighted by Gasteiger charge is 2.10. The van der Waals surface area contributed by atoms with Crippen molar-refractivity contribution in [3.8, 4) is 0 Å². The van der Waals surface area contributed by atoms with Crippen LogP contribution >= 0.6 is 0 Å². The van der Waals surface area contributed by atoms with E-state index in [9.17, 15) is 9.18 Å². The molecule has 2 nitrogen and oxygen atoms in total. The molecule has 0 N–H and O–H groups in total. The summed E-state index contributed by atoms with van der Waals surface area (Å²) in [7, 11) is 1.72. The highest BCUT2D eigenvalue weighted by Crippen LogP contribution is 2.10. The fraction of sp³-hybridized carbons (Fsp3) is 0.364. The van der Waals surface area contributed by atoms with Crippen LogP contribution in [0.1, 0.15) is 22.8 Å². The van der Waals surface area contributed by atoms with Gasteiger partial charge in [-0.05, 0) is 37.6 Å². The van der Waals surface area contributed by atoms with Gasteiger partial charge >= 0.3 is 0 Å². The first-order valence-corrected chi connectivity index (χ1v) is 4.58. The van der Waals surface area contributed by atoms with E-state index in [-0.39, 0.29) is 11.7 Å². The van der Waals surface area contributed by atoms with E-state index in [1.165, 1.54) is 12.1 Å². The van der Waals surface area contributed by atoms with Gasteiger partial charge in [-0.2, -0.15) is 0 Å². The maximum absolute atomic E-state index is 12.9. The number of aryl methyl sites for hydroxylation is 1. The molecule has 0 heterocycles. The number of hydrogen-bond donors (Lipinski definition) is 0. The van der Waals surface area contributed by atoms with Crippen LogP contribution in [0.15, 0.2) is 18.2 Å². The highest BCUT2D eigenvalue weighted by atomic mass is 19.1. The first kappa shape index (κ1) is 10.7. The summed E-state index contributed by atoms with van der Waals surface area (Å²) in [6.45, 7) is 4.20. The van der Waals surface area contributed by atoms with Crippen LogP contribution in [0.25, 0.3) is 0 Å². The van der Waals surface area contributed by atoms with Crippen molar-refractivity contribution in [1.29, 1.82) is 0 Å². The van der Waals surface area contributed by atoms with Crippen LogP contribution in [-0.4, -0.2) is 24.4 Å². The lowest BCUT2D eigenvalue weighted by Gasteiger charge is -2.14. The summed E-state index contributed by atoms with van der Waals surface area (Å²) in [5, 5.41) is 0. The van der Waals surface area contributed by atoms with E-state index in [0.29, 0.717) is 17.7 Å². The molecule has 0 saturated heterocycles. The summed E-state index contributed by atoms with van der Waals surface area (Å²) >= 11 is 0. The number of rotatable bonds is 2. The smallest absolute Gasteiger partial charge is 0.253 e. The zero-order chi connectivity index (χ0) is 10.7. The Labute approximate surface area is 83.3 Å². The SMILES string of the molecule is CCN(C)C(=O)c1ccc(F)c(C)c1.